The van der Waals surface area contributed by atoms with Crippen LogP contribution in [0.5, 0.6) is 0 Å². The lowest BCUT2D eigenvalue weighted by molar-refractivity contribution is -0.132. The molecule has 5 heteroatoms. The molecule has 28 heavy (non-hydrogen) atoms. The Balaban J connectivity index is 1.33. The first-order valence-corrected chi connectivity index (χ1v) is 9.96. The molecule has 5 nitrogen and oxygen atoms in total. The molecule has 0 unspecified atom stereocenters. The summed E-state index contributed by atoms with van der Waals surface area (Å²) in [6.07, 6.45) is 3.24. The summed E-state index contributed by atoms with van der Waals surface area (Å²) in [5.74, 6) is 0.143. The van der Waals surface area contributed by atoms with Crippen LogP contribution in [0.2, 0.25) is 0 Å². The van der Waals surface area contributed by atoms with E-state index >= 15 is 0 Å². The molecule has 1 saturated heterocycles. The summed E-state index contributed by atoms with van der Waals surface area (Å²) in [5.41, 5.74) is 10.3. The second-order valence-electron chi connectivity index (χ2n) is 8.13. The van der Waals surface area contributed by atoms with E-state index in [1.54, 1.807) is 0 Å². The third-order valence-electron chi connectivity index (χ3n) is 6.79. The molecule has 1 aliphatic carbocycles. The third-order valence-corrected chi connectivity index (χ3v) is 6.79. The maximum Gasteiger partial charge on any atom is 0.227 e. The van der Waals surface area contributed by atoms with Gasteiger partial charge in [0.05, 0.1) is 18.6 Å². The molecule has 144 valence electrons. The van der Waals surface area contributed by atoms with Crippen LogP contribution in [-0.2, 0) is 16.6 Å². The molecule has 3 aromatic rings. The smallest absolute Gasteiger partial charge is 0.227 e. The number of aliphatic hydroxyl groups is 1. The van der Waals surface area contributed by atoms with Crippen LogP contribution in [0.1, 0.15) is 35.6 Å². The summed E-state index contributed by atoms with van der Waals surface area (Å²) in [7, 11) is 0. The number of para-hydroxylation sites is 1. The van der Waals surface area contributed by atoms with Gasteiger partial charge in [0.25, 0.3) is 0 Å². The summed E-state index contributed by atoms with van der Waals surface area (Å²) in [4.78, 5) is 18.1. The van der Waals surface area contributed by atoms with E-state index in [-0.39, 0.29) is 17.4 Å². The second kappa shape index (κ2) is 6.47. The number of rotatable bonds is 2. The van der Waals surface area contributed by atoms with Gasteiger partial charge in [-0.25, -0.2) is 0 Å². The van der Waals surface area contributed by atoms with E-state index in [0.29, 0.717) is 19.5 Å². The largest absolute Gasteiger partial charge is 0.390 e. The number of nitrogens with one attached hydrogen (secondary N) is 1. The number of fused-ring (bicyclic) bond motifs is 3. The standard InChI is InChI=1S/C23H25N3O2/c24-21-17-6-1-3-7-18(17)23(22(21)28)9-11-26(12-10-23)20(27)13-15-14-25-19-8-4-2-5-16(15)19/h1-8,14,21-22,25,28H,9-13,24H2/t21-,22+/m1/s1. The van der Waals surface area contributed by atoms with Gasteiger partial charge >= 0.3 is 0 Å². The van der Waals surface area contributed by atoms with Crippen molar-refractivity contribution in [3.05, 3.63) is 71.4 Å². The SMILES string of the molecule is N[C@@H]1c2ccccc2C2(CCN(C(=O)Cc3c[nH]c4ccccc34)CC2)[C@H]1O. The molecule has 4 N–H and O–H groups in total. The van der Waals surface area contributed by atoms with Gasteiger partial charge in [0.2, 0.25) is 5.91 Å². The van der Waals surface area contributed by atoms with Crippen molar-refractivity contribution in [2.75, 3.05) is 13.1 Å². The number of hydrogen-bond donors (Lipinski definition) is 3. The fourth-order valence-corrected chi connectivity index (χ4v) is 5.19. The van der Waals surface area contributed by atoms with Crippen molar-refractivity contribution in [1.82, 2.24) is 9.88 Å². The molecule has 0 radical (unpaired) electrons. The Labute approximate surface area is 164 Å². The first-order valence-electron chi connectivity index (χ1n) is 9.96. The first-order chi connectivity index (χ1) is 13.6. The number of aromatic nitrogens is 1. The van der Waals surface area contributed by atoms with Crippen LogP contribution in [0.3, 0.4) is 0 Å². The zero-order valence-electron chi connectivity index (χ0n) is 15.8. The van der Waals surface area contributed by atoms with Crippen molar-refractivity contribution in [3.63, 3.8) is 0 Å². The quantitative estimate of drug-likeness (QED) is 0.644. The number of benzene rings is 2. The number of amides is 1. The fourth-order valence-electron chi connectivity index (χ4n) is 5.19. The Kier molecular flexibility index (Phi) is 4.03. The summed E-state index contributed by atoms with van der Waals surface area (Å²) < 4.78 is 0. The van der Waals surface area contributed by atoms with Crippen molar-refractivity contribution < 1.29 is 9.90 Å². The third kappa shape index (κ3) is 2.50. The molecule has 2 atom stereocenters. The van der Waals surface area contributed by atoms with E-state index in [9.17, 15) is 9.90 Å². The number of hydrogen-bond acceptors (Lipinski definition) is 3. The van der Waals surface area contributed by atoms with Gasteiger partial charge in [-0.2, -0.15) is 0 Å². The average molecular weight is 375 g/mol. The molecule has 0 saturated carbocycles. The minimum absolute atomic E-state index is 0.143. The van der Waals surface area contributed by atoms with E-state index in [0.717, 1.165) is 34.9 Å². The summed E-state index contributed by atoms with van der Waals surface area (Å²) in [5, 5.41) is 12.0. The summed E-state index contributed by atoms with van der Waals surface area (Å²) >= 11 is 0. The van der Waals surface area contributed by atoms with Crippen LogP contribution >= 0.6 is 0 Å². The number of carbonyl (C=O) groups is 1. The average Bonchev–Trinajstić information content (AvgIpc) is 3.23. The molecule has 5 rings (SSSR count). The molecule has 2 heterocycles. The minimum Gasteiger partial charge on any atom is -0.390 e. The predicted octanol–water partition coefficient (Wildman–Crippen LogP) is 2.65. The number of nitrogens with two attached hydrogens (primary N) is 1. The number of likely N-dealkylation sites (tertiary alicyclic amines) is 1. The summed E-state index contributed by atoms with van der Waals surface area (Å²) in [6.45, 7) is 1.30. The fraction of sp³-hybridized carbons (Fsp3) is 0.348. The van der Waals surface area contributed by atoms with Crippen LogP contribution < -0.4 is 5.73 Å². The molecule has 0 bridgehead atoms. The highest BCUT2D eigenvalue weighted by molar-refractivity contribution is 5.89. The highest BCUT2D eigenvalue weighted by Gasteiger charge is 2.51. The van der Waals surface area contributed by atoms with Crippen molar-refractivity contribution in [2.45, 2.75) is 36.8 Å². The van der Waals surface area contributed by atoms with Gasteiger partial charge in [-0.3, -0.25) is 4.79 Å². The number of carbonyl (C=O) groups excluding carboxylic acids is 1. The van der Waals surface area contributed by atoms with Crippen LogP contribution in [0.25, 0.3) is 10.9 Å². The highest BCUT2D eigenvalue weighted by atomic mass is 16.3. The Morgan fingerprint density at radius 1 is 1.14 bits per heavy atom. The molecule has 1 spiro atoms. The lowest BCUT2D eigenvalue weighted by atomic mass is 9.72. The van der Waals surface area contributed by atoms with Gasteiger partial charge in [-0.15, -0.1) is 0 Å². The molecular formula is C23H25N3O2. The lowest BCUT2D eigenvalue weighted by Gasteiger charge is -2.42. The van der Waals surface area contributed by atoms with Gasteiger partial charge in [0, 0.05) is 35.6 Å². The van der Waals surface area contributed by atoms with Crippen LogP contribution in [0, 0.1) is 0 Å². The van der Waals surface area contributed by atoms with Crippen molar-refractivity contribution in [3.8, 4) is 0 Å². The Bertz CT molecular complexity index is 1030. The molecule has 2 aliphatic rings. The number of aromatic amines is 1. The van der Waals surface area contributed by atoms with Crippen LogP contribution in [0.15, 0.2) is 54.7 Å². The van der Waals surface area contributed by atoms with Crippen LogP contribution in [0.4, 0.5) is 0 Å². The molecule has 2 aromatic carbocycles. The van der Waals surface area contributed by atoms with Crippen molar-refractivity contribution in [2.24, 2.45) is 5.73 Å². The number of piperidine rings is 1. The number of aliphatic hydroxyl groups excluding tert-OH is 1. The maximum absolute atomic E-state index is 12.9. The van der Waals surface area contributed by atoms with E-state index in [1.807, 2.05) is 53.6 Å². The summed E-state index contributed by atoms with van der Waals surface area (Å²) in [6, 6.07) is 15.8. The normalized spacial score (nSPS) is 23.3. The van der Waals surface area contributed by atoms with Gasteiger partial charge in [0.15, 0.2) is 0 Å². The highest BCUT2D eigenvalue weighted by Crippen LogP contribution is 2.50. The first kappa shape index (κ1) is 17.5. The molecule has 1 aliphatic heterocycles. The van der Waals surface area contributed by atoms with E-state index in [4.69, 9.17) is 5.73 Å². The topological polar surface area (TPSA) is 82.3 Å². The Hall–Kier alpha value is -2.63. The van der Waals surface area contributed by atoms with Crippen LogP contribution in [-0.4, -0.2) is 40.1 Å². The van der Waals surface area contributed by atoms with Gasteiger partial charge < -0.3 is 20.7 Å². The Morgan fingerprint density at radius 3 is 2.68 bits per heavy atom. The zero-order chi connectivity index (χ0) is 19.3. The molecule has 1 fully saturated rings. The Morgan fingerprint density at radius 2 is 1.86 bits per heavy atom. The van der Waals surface area contributed by atoms with E-state index in [1.165, 1.54) is 5.56 Å². The molecule has 1 aromatic heterocycles. The van der Waals surface area contributed by atoms with Gasteiger partial charge in [0.1, 0.15) is 0 Å². The number of nitrogens with zero attached hydrogens (tertiary/aromatic N) is 1. The molecule has 1 amide bonds. The molecular weight excluding hydrogens is 350 g/mol. The number of H-pyrrole nitrogens is 1. The maximum atomic E-state index is 12.9. The van der Waals surface area contributed by atoms with E-state index < -0.39 is 6.10 Å². The van der Waals surface area contributed by atoms with Crippen molar-refractivity contribution >= 4 is 16.8 Å². The van der Waals surface area contributed by atoms with Crippen molar-refractivity contribution in [1.29, 1.82) is 0 Å². The van der Waals surface area contributed by atoms with Gasteiger partial charge in [-0.1, -0.05) is 42.5 Å². The van der Waals surface area contributed by atoms with Gasteiger partial charge in [-0.05, 0) is 35.6 Å². The minimum atomic E-state index is -0.587. The second-order valence-corrected chi connectivity index (χ2v) is 8.13. The van der Waals surface area contributed by atoms with E-state index in [2.05, 4.69) is 11.1 Å². The lowest BCUT2D eigenvalue weighted by Crippen LogP contribution is -2.50. The zero-order valence-corrected chi connectivity index (χ0v) is 15.8. The predicted molar refractivity (Wildman–Crippen MR) is 109 cm³/mol. The monoisotopic (exact) mass is 375 g/mol.